The van der Waals surface area contributed by atoms with Gasteiger partial charge in [-0.05, 0) is 105 Å². The van der Waals surface area contributed by atoms with Gasteiger partial charge in [0, 0.05) is 39.8 Å². The number of benzene rings is 2. The highest BCUT2D eigenvalue weighted by molar-refractivity contribution is 6.36. The lowest BCUT2D eigenvalue weighted by Gasteiger charge is -2.38. The van der Waals surface area contributed by atoms with Crippen LogP contribution in [0.4, 0.5) is 30.8 Å². The van der Waals surface area contributed by atoms with Crippen molar-refractivity contribution < 1.29 is 48.4 Å². The number of carboxylic acids is 1. The van der Waals surface area contributed by atoms with E-state index in [-0.39, 0.29) is 59.1 Å². The summed E-state index contributed by atoms with van der Waals surface area (Å²) in [4.78, 5) is 77.9. The lowest BCUT2D eigenvalue weighted by atomic mass is 9.91. The molecule has 3 aromatic rings. The van der Waals surface area contributed by atoms with Gasteiger partial charge >= 0.3 is 30.3 Å². The number of anilines is 2. The highest BCUT2D eigenvalue weighted by atomic mass is 35.5. The zero-order chi connectivity index (χ0) is 46.5. The third kappa shape index (κ3) is 13.7. The van der Waals surface area contributed by atoms with Gasteiger partial charge < -0.3 is 29.7 Å². The van der Waals surface area contributed by atoms with Gasteiger partial charge in [0.05, 0.1) is 18.4 Å². The molecule has 0 bridgehead atoms. The van der Waals surface area contributed by atoms with Gasteiger partial charge in [0.25, 0.3) is 0 Å². The van der Waals surface area contributed by atoms with Crippen molar-refractivity contribution in [3.05, 3.63) is 69.8 Å². The molecule has 16 nitrogen and oxygen atoms in total. The molecule has 1 aromatic heterocycles. The molecule has 0 radical (unpaired) electrons. The number of hydrogen-bond acceptors (Lipinski definition) is 11. The maximum atomic E-state index is 14.3. The molecule has 3 atom stereocenters. The summed E-state index contributed by atoms with van der Waals surface area (Å²) < 4.78 is 17.2. The van der Waals surface area contributed by atoms with Crippen LogP contribution in [0.15, 0.2) is 48.7 Å². The predicted molar refractivity (Wildman–Crippen MR) is 236 cm³/mol. The first kappa shape index (κ1) is 49.5. The van der Waals surface area contributed by atoms with Crippen molar-refractivity contribution in [2.75, 3.05) is 16.3 Å². The molecule has 2 aromatic carbocycles. The Labute approximate surface area is 372 Å². The van der Waals surface area contributed by atoms with Crippen LogP contribution in [0, 0.1) is 5.92 Å². The Kier molecular flexibility index (Phi) is 15.9. The van der Waals surface area contributed by atoms with E-state index >= 15 is 0 Å². The van der Waals surface area contributed by atoms with Crippen LogP contribution in [0.2, 0.25) is 10.0 Å². The van der Waals surface area contributed by atoms with E-state index in [9.17, 15) is 34.2 Å². The van der Waals surface area contributed by atoms with Gasteiger partial charge in [0.2, 0.25) is 0 Å². The number of halogens is 2. The van der Waals surface area contributed by atoms with Crippen LogP contribution in [-0.4, -0.2) is 96.9 Å². The first-order valence-corrected chi connectivity index (χ1v) is 21.0. The Hall–Kier alpha value is -5.19. The molecule has 4 rings (SSSR count). The number of aliphatic carboxylic acids is 1. The molecular weight excluding hydrogens is 843 g/mol. The van der Waals surface area contributed by atoms with E-state index in [4.69, 9.17) is 42.4 Å². The zero-order valence-electron chi connectivity index (χ0n) is 37.1. The molecule has 3 N–H and O–H groups in total. The summed E-state index contributed by atoms with van der Waals surface area (Å²) in [5.41, 5.74) is -1.05. The Balaban J connectivity index is 1.82. The first-order valence-electron chi connectivity index (χ1n) is 20.3. The van der Waals surface area contributed by atoms with Gasteiger partial charge in [-0.3, -0.25) is 9.80 Å². The van der Waals surface area contributed by atoms with Gasteiger partial charge in [0.1, 0.15) is 22.8 Å². The van der Waals surface area contributed by atoms with E-state index in [1.54, 1.807) is 80.5 Å². The third-order valence-electron chi connectivity index (χ3n) is 9.44. The maximum absolute atomic E-state index is 14.3. The van der Waals surface area contributed by atoms with Crippen LogP contribution >= 0.6 is 23.2 Å². The van der Waals surface area contributed by atoms with E-state index < -0.39 is 59.0 Å². The molecule has 0 aliphatic carbocycles. The fraction of sp³-hybridized carbons (Fsp3) is 0.523. The van der Waals surface area contributed by atoms with Crippen molar-refractivity contribution in [2.45, 2.75) is 137 Å². The second kappa shape index (κ2) is 19.9. The Morgan fingerprint density at radius 3 is 1.84 bits per heavy atom. The number of likely N-dealkylation sites (tertiary alicyclic amines) is 1. The fourth-order valence-electron chi connectivity index (χ4n) is 6.53. The van der Waals surface area contributed by atoms with Crippen LogP contribution in [0.5, 0.6) is 0 Å². The van der Waals surface area contributed by atoms with Crippen LogP contribution in [-0.2, 0) is 32.0 Å². The number of carbonyl (C=O) groups excluding carboxylic acids is 3. The smallest absolute Gasteiger partial charge is 0.425 e. The Morgan fingerprint density at radius 2 is 1.35 bits per heavy atom. The van der Waals surface area contributed by atoms with E-state index in [1.165, 1.54) is 6.20 Å². The normalized spacial score (nSPS) is 16.3. The minimum atomic E-state index is -1.26. The number of imide groups is 1. The number of amides is 4. The molecule has 0 spiro atoms. The van der Waals surface area contributed by atoms with Crippen molar-refractivity contribution >= 4 is 65.2 Å². The fourth-order valence-corrected chi connectivity index (χ4v) is 7.05. The topological polar surface area (TPSA) is 201 Å². The Morgan fingerprint density at radius 1 is 0.823 bits per heavy atom. The lowest BCUT2D eigenvalue weighted by Crippen LogP contribution is -2.56. The van der Waals surface area contributed by atoms with Crippen molar-refractivity contribution in [3.8, 4) is 11.3 Å². The molecule has 338 valence electrons. The highest BCUT2D eigenvalue weighted by Crippen LogP contribution is 2.36. The quantitative estimate of drug-likeness (QED) is 0.154. The number of rotatable bonds is 11. The summed E-state index contributed by atoms with van der Waals surface area (Å²) in [6, 6.07) is 10.8. The second-order valence-electron chi connectivity index (χ2n) is 18.4. The van der Waals surface area contributed by atoms with Gasteiger partial charge in [-0.25, -0.2) is 33.9 Å². The zero-order valence-corrected chi connectivity index (χ0v) is 38.6. The molecule has 62 heavy (non-hydrogen) atoms. The van der Waals surface area contributed by atoms with Gasteiger partial charge in [-0.2, -0.15) is 4.90 Å². The first-order chi connectivity index (χ1) is 28.6. The molecule has 1 aliphatic heterocycles. The molecule has 2 unspecified atom stereocenters. The van der Waals surface area contributed by atoms with Crippen molar-refractivity contribution in [3.63, 3.8) is 0 Å². The SMILES string of the molecule is CC(C)C(Cc1ccc(-c2cnc(N(C(=O)OC(C)(C)C)C(=O)OC(C)(C)C)c(N(Cc3c(Cl)cccc3Cl)C(=O)OC(C)(C)C)n2)cc1)NC1CCN(C(=O)O)[C@@H](C(=O)O)C1. The summed E-state index contributed by atoms with van der Waals surface area (Å²) in [7, 11) is 0. The monoisotopic (exact) mass is 900 g/mol. The molecule has 1 aliphatic rings. The molecule has 18 heteroatoms. The van der Waals surface area contributed by atoms with Crippen molar-refractivity contribution in [1.82, 2.24) is 20.2 Å². The average molecular weight is 902 g/mol. The summed E-state index contributed by atoms with van der Waals surface area (Å²) in [6.07, 6.45) is -1.92. The Bertz CT molecular complexity index is 2070. The second-order valence-corrected chi connectivity index (χ2v) is 19.2. The summed E-state index contributed by atoms with van der Waals surface area (Å²) >= 11 is 13.3. The summed E-state index contributed by atoms with van der Waals surface area (Å²) in [5, 5.41) is 23.3. The van der Waals surface area contributed by atoms with E-state index in [0.717, 1.165) is 15.4 Å². The van der Waals surface area contributed by atoms with Crippen LogP contribution in [0.3, 0.4) is 0 Å². The standard InChI is InChI=1S/C44H58Cl2N6O10/c1-25(2)32(48-28-19-20-50(38(55)56)34(22-28)37(53)54)21-26-15-17-27(18-16-26)33-23-47-35(52(40(58)61-43(6,7)8)41(59)62-44(9,10)11)36(49-33)51(39(57)60-42(3,4)5)24-29-30(45)13-12-14-31(29)46/h12-18,23,25,28,32,34,48H,19-22,24H2,1-11H3,(H,53,54)(H,55,56)/t28?,32?,34-/m1/s1. The molecule has 2 heterocycles. The minimum Gasteiger partial charge on any atom is -0.480 e. The van der Waals surface area contributed by atoms with Gasteiger partial charge in [-0.15, -0.1) is 0 Å². The number of ether oxygens (including phenoxy) is 3. The predicted octanol–water partition coefficient (Wildman–Crippen LogP) is 9.82. The van der Waals surface area contributed by atoms with Crippen LogP contribution in [0.25, 0.3) is 11.3 Å². The molecule has 4 amide bonds. The average Bonchev–Trinajstić information content (AvgIpc) is 3.12. The molecule has 0 saturated carbocycles. The number of hydrogen-bond donors (Lipinski definition) is 3. The number of aromatic nitrogens is 2. The van der Waals surface area contributed by atoms with Crippen molar-refractivity contribution in [2.24, 2.45) is 5.92 Å². The third-order valence-corrected chi connectivity index (χ3v) is 10.1. The number of piperidine rings is 1. The number of carbonyl (C=O) groups is 5. The van der Waals surface area contributed by atoms with E-state index in [2.05, 4.69) is 24.1 Å². The van der Waals surface area contributed by atoms with E-state index in [1.807, 2.05) is 24.3 Å². The number of carboxylic acid groups (broad SMARTS) is 2. The molecule has 1 fully saturated rings. The number of nitrogens with zero attached hydrogens (tertiary/aromatic N) is 5. The summed E-state index contributed by atoms with van der Waals surface area (Å²) in [5.74, 6) is -1.71. The van der Waals surface area contributed by atoms with Crippen molar-refractivity contribution in [1.29, 1.82) is 0 Å². The minimum absolute atomic E-state index is 0.0759. The van der Waals surface area contributed by atoms with Crippen LogP contribution < -0.4 is 15.1 Å². The largest absolute Gasteiger partial charge is 0.480 e. The highest BCUT2D eigenvalue weighted by Gasteiger charge is 2.40. The maximum Gasteiger partial charge on any atom is 0.425 e. The summed E-state index contributed by atoms with van der Waals surface area (Å²) in [6.45, 7) is 18.7. The molecular formula is C44H58Cl2N6O10. The van der Waals surface area contributed by atoms with E-state index in [0.29, 0.717) is 28.9 Å². The van der Waals surface area contributed by atoms with Crippen LogP contribution in [0.1, 0.15) is 100 Å². The number of nitrogens with one attached hydrogen (secondary N) is 1. The van der Waals surface area contributed by atoms with Gasteiger partial charge in [0.15, 0.2) is 11.6 Å². The lowest BCUT2D eigenvalue weighted by molar-refractivity contribution is -0.144. The van der Waals surface area contributed by atoms with Gasteiger partial charge in [-0.1, -0.05) is 67.4 Å². The molecule has 1 saturated heterocycles.